The topological polar surface area (TPSA) is 43.1 Å². The summed E-state index contributed by atoms with van der Waals surface area (Å²) in [6, 6.07) is 17.0. The van der Waals surface area contributed by atoms with Gasteiger partial charge in [-0.1, -0.05) is 43.3 Å². The van der Waals surface area contributed by atoms with Crippen molar-refractivity contribution in [2.45, 2.75) is 23.5 Å². The fraction of sp³-hybridized carbons (Fsp3) is 0.200. The number of hydrogen-bond donors (Lipinski definition) is 0. The summed E-state index contributed by atoms with van der Waals surface area (Å²) in [6.07, 6.45) is 0.852. The van der Waals surface area contributed by atoms with Crippen LogP contribution in [0, 0.1) is 10.1 Å². The largest absolute Gasteiger partial charge is 0.273 e. The van der Waals surface area contributed by atoms with Crippen molar-refractivity contribution in [3.8, 4) is 0 Å². The molecule has 0 aromatic heterocycles. The molecule has 0 fully saturated rings. The number of nitro benzene ring substituents is 1. The molecule has 0 radical (unpaired) electrons. The molecule has 2 rings (SSSR count). The lowest BCUT2D eigenvalue weighted by atomic mass is 10.1. The third kappa shape index (κ3) is 3.35. The highest BCUT2D eigenvalue weighted by molar-refractivity contribution is 7.99. The van der Waals surface area contributed by atoms with Gasteiger partial charge in [-0.15, -0.1) is 11.8 Å². The van der Waals surface area contributed by atoms with Gasteiger partial charge in [-0.3, -0.25) is 10.1 Å². The maximum Gasteiger partial charge on any atom is 0.273 e. The standard InChI is InChI=1S/C15H15NO2S/c1-2-15(19-12-8-4-3-5-9-12)13-10-6-7-11-14(13)16(17)18/h3-11,15H,2H2,1H3. The molecule has 0 aliphatic heterocycles. The molecule has 0 saturated heterocycles. The number of hydrogen-bond acceptors (Lipinski definition) is 3. The molecule has 4 heteroatoms. The van der Waals surface area contributed by atoms with Crippen LogP contribution in [0.1, 0.15) is 24.2 Å². The van der Waals surface area contributed by atoms with Crippen LogP contribution in [-0.2, 0) is 0 Å². The predicted molar refractivity (Wildman–Crippen MR) is 78.4 cm³/mol. The van der Waals surface area contributed by atoms with Crippen LogP contribution in [0.5, 0.6) is 0 Å². The first kappa shape index (κ1) is 13.6. The van der Waals surface area contributed by atoms with Crippen LogP contribution in [0.25, 0.3) is 0 Å². The van der Waals surface area contributed by atoms with Gasteiger partial charge in [-0.25, -0.2) is 0 Å². The van der Waals surface area contributed by atoms with Gasteiger partial charge in [0, 0.05) is 21.8 Å². The summed E-state index contributed by atoms with van der Waals surface area (Å²) in [7, 11) is 0. The van der Waals surface area contributed by atoms with E-state index in [2.05, 4.69) is 6.92 Å². The SMILES string of the molecule is CCC(Sc1ccccc1)c1ccccc1[N+](=O)[O-]. The first-order chi connectivity index (χ1) is 9.22. The molecule has 19 heavy (non-hydrogen) atoms. The molecule has 0 amide bonds. The Morgan fingerprint density at radius 3 is 2.37 bits per heavy atom. The van der Waals surface area contributed by atoms with Crippen molar-refractivity contribution in [3.05, 3.63) is 70.3 Å². The molecule has 0 spiro atoms. The molecule has 0 heterocycles. The van der Waals surface area contributed by atoms with Crippen LogP contribution in [0.15, 0.2) is 59.5 Å². The molecule has 2 aromatic rings. The first-order valence-corrected chi connectivity index (χ1v) is 7.05. The Balaban J connectivity index is 2.30. The van der Waals surface area contributed by atoms with Gasteiger partial charge in [0.25, 0.3) is 5.69 Å². The number of para-hydroxylation sites is 1. The second kappa shape index (κ2) is 6.38. The third-order valence-corrected chi connectivity index (χ3v) is 4.29. The van der Waals surface area contributed by atoms with Crippen molar-refractivity contribution in [2.24, 2.45) is 0 Å². The van der Waals surface area contributed by atoms with E-state index in [0.29, 0.717) is 0 Å². The summed E-state index contributed by atoms with van der Waals surface area (Å²) >= 11 is 1.67. The number of thioether (sulfide) groups is 1. The van der Waals surface area contributed by atoms with Crippen LogP contribution in [0.2, 0.25) is 0 Å². The van der Waals surface area contributed by atoms with Crippen molar-refractivity contribution in [1.29, 1.82) is 0 Å². The zero-order valence-electron chi connectivity index (χ0n) is 10.7. The second-order valence-electron chi connectivity index (χ2n) is 4.14. The monoisotopic (exact) mass is 273 g/mol. The Hall–Kier alpha value is -1.81. The molecule has 1 unspecified atom stereocenters. The molecule has 0 aliphatic rings. The van der Waals surface area contributed by atoms with E-state index < -0.39 is 0 Å². The minimum absolute atomic E-state index is 0.101. The van der Waals surface area contributed by atoms with Crippen molar-refractivity contribution in [2.75, 3.05) is 0 Å². The van der Waals surface area contributed by atoms with E-state index in [1.165, 1.54) is 0 Å². The lowest BCUT2D eigenvalue weighted by Crippen LogP contribution is -1.99. The maximum absolute atomic E-state index is 11.1. The minimum Gasteiger partial charge on any atom is -0.258 e. The van der Waals surface area contributed by atoms with Gasteiger partial charge in [-0.2, -0.15) is 0 Å². The second-order valence-corrected chi connectivity index (χ2v) is 5.42. The van der Waals surface area contributed by atoms with Crippen molar-refractivity contribution in [1.82, 2.24) is 0 Å². The van der Waals surface area contributed by atoms with E-state index in [4.69, 9.17) is 0 Å². The summed E-state index contributed by atoms with van der Waals surface area (Å²) < 4.78 is 0. The van der Waals surface area contributed by atoms with E-state index in [0.717, 1.165) is 16.9 Å². The molecule has 0 N–H and O–H groups in total. The average molecular weight is 273 g/mol. The summed E-state index contributed by atoms with van der Waals surface area (Å²) in [6.45, 7) is 2.05. The molecular weight excluding hydrogens is 258 g/mol. The lowest BCUT2D eigenvalue weighted by Gasteiger charge is -2.15. The zero-order valence-corrected chi connectivity index (χ0v) is 11.5. The van der Waals surface area contributed by atoms with Gasteiger partial charge in [-0.05, 0) is 18.6 Å². The highest BCUT2D eigenvalue weighted by Crippen LogP contribution is 2.40. The lowest BCUT2D eigenvalue weighted by molar-refractivity contribution is -0.385. The Bertz CT molecular complexity index is 557. The summed E-state index contributed by atoms with van der Waals surface area (Å²) in [5.41, 5.74) is 1.00. The average Bonchev–Trinajstić information content (AvgIpc) is 2.46. The molecule has 98 valence electrons. The Morgan fingerprint density at radius 1 is 1.11 bits per heavy atom. The van der Waals surface area contributed by atoms with Gasteiger partial charge in [0.05, 0.1) is 4.92 Å². The van der Waals surface area contributed by atoms with Crippen LogP contribution in [-0.4, -0.2) is 4.92 Å². The number of rotatable bonds is 5. The Morgan fingerprint density at radius 2 is 1.74 bits per heavy atom. The number of nitro groups is 1. The normalized spacial score (nSPS) is 12.1. The van der Waals surface area contributed by atoms with E-state index in [1.807, 2.05) is 42.5 Å². The third-order valence-electron chi connectivity index (χ3n) is 2.87. The Labute approximate surface area is 116 Å². The molecule has 0 saturated carbocycles. The first-order valence-electron chi connectivity index (χ1n) is 6.17. The van der Waals surface area contributed by atoms with Crippen molar-refractivity contribution in [3.63, 3.8) is 0 Å². The maximum atomic E-state index is 11.1. The number of nitrogens with zero attached hydrogens (tertiary/aromatic N) is 1. The van der Waals surface area contributed by atoms with Crippen molar-refractivity contribution < 1.29 is 4.92 Å². The minimum atomic E-state index is -0.302. The van der Waals surface area contributed by atoms with Crippen LogP contribution < -0.4 is 0 Å². The molecule has 3 nitrogen and oxygen atoms in total. The molecule has 1 atom stereocenters. The molecule has 0 bridgehead atoms. The summed E-state index contributed by atoms with van der Waals surface area (Å²) in [4.78, 5) is 11.9. The molecule has 2 aromatic carbocycles. The van der Waals surface area contributed by atoms with Crippen LogP contribution >= 0.6 is 11.8 Å². The highest BCUT2D eigenvalue weighted by atomic mass is 32.2. The van der Waals surface area contributed by atoms with Gasteiger partial charge in [0.1, 0.15) is 0 Å². The number of benzene rings is 2. The van der Waals surface area contributed by atoms with Gasteiger partial charge in [0.2, 0.25) is 0 Å². The summed E-state index contributed by atoms with van der Waals surface area (Å²) in [5, 5.41) is 11.2. The quantitative estimate of drug-likeness (QED) is 0.445. The van der Waals surface area contributed by atoms with Crippen LogP contribution in [0.3, 0.4) is 0 Å². The predicted octanol–water partition coefficient (Wildman–Crippen LogP) is 4.84. The fourth-order valence-corrected chi connectivity index (χ4v) is 3.09. The van der Waals surface area contributed by atoms with E-state index in [9.17, 15) is 10.1 Å². The van der Waals surface area contributed by atoms with E-state index in [-0.39, 0.29) is 15.9 Å². The Kier molecular flexibility index (Phi) is 4.58. The van der Waals surface area contributed by atoms with E-state index in [1.54, 1.807) is 23.9 Å². The van der Waals surface area contributed by atoms with E-state index >= 15 is 0 Å². The zero-order chi connectivity index (χ0) is 13.7. The van der Waals surface area contributed by atoms with Crippen LogP contribution in [0.4, 0.5) is 5.69 Å². The molecular formula is C15H15NO2S. The van der Waals surface area contributed by atoms with Gasteiger partial charge in [0.15, 0.2) is 0 Å². The molecule has 0 aliphatic carbocycles. The van der Waals surface area contributed by atoms with Gasteiger partial charge < -0.3 is 0 Å². The van der Waals surface area contributed by atoms with Crippen molar-refractivity contribution >= 4 is 17.4 Å². The van der Waals surface area contributed by atoms with Gasteiger partial charge >= 0.3 is 0 Å². The smallest absolute Gasteiger partial charge is 0.258 e. The summed E-state index contributed by atoms with van der Waals surface area (Å²) in [5.74, 6) is 0. The highest BCUT2D eigenvalue weighted by Gasteiger charge is 2.20. The fourth-order valence-electron chi connectivity index (χ4n) is 1.96.